The zero-order valence-corrected chi connectivity index (χ0v) is 11.8. The number of nitrogens with one attached hydrogen (secondary N) is 2. The maximum atomic E-state index is 10.9. The highest BCUT2D eigenvalue weighted by Crippen LogP contribution is 2.23. The molecule has 1 amide bonds. The van der Waals surface area contributed by atoms with E-state index >= 15 is 0 Å². The van der Waals surface area contributed by atoms with Crippen LogP contribution in [0.3, 0.4) is 0 Å². The van der Waals surface area contributed by atoms with Gasteiger partial charge in [-0.1, -0.05) is 12.1 Å². The van der Waals surface area contributed by atoms with Crippen molar-refractivity contribution in [1.82, 2.24) is 5.48 Å². The predicted molar refractivity (Wildman–Crippen MR) is 83.0 cm³/mol. The molecular weight excluding hydrogens is 288 g/mol. The minimum atomic E-state index is -0.574. The van der Waals surface area contributed by atoms with E-state index in [4.69, 9.17) is 5.21 Å². The summed E-state index contributed by atoms with van der Waals surface area (Å²) in [6.45, 7) is 0. The van der Waals surface area contributed by atoms with Gasteiger partial charge in [0.1, 0.15) is 5.75 Å². The van der Waals surface area contributed by atoms with E-state index in [-0.39, 0.29) is 5.75 Å². The summed E-state index contributed by atoms with van der Waals surface area (Å²) in [6, 6.07) is 14.3. The van der Waals surface area contributed by atoms with Crippen LogP contribution >= 0.6 is 11.9 Å². The standard InChI is InChI=1S/C15H14N2O3S/c18-13-7-5-12(6-8-13)17-21-14-3-1-2-11(10-14)4-9-15(19)16-20/h1-10,17-18,20H,(H,16,19)/b9-4+. The Bertz CT molecular complexity index is 642. The molecule has 0 aromatic heterocycles. The molecule has 2 rings (SSSR count). The van der Waals surface area contributed by atoms with Crippen LogP contribution < -0.4 is 10.2 Å². The molecular formula is C15H14N2O3S. The minimum absolute atomic E-state index is 0.222. The van der Waals surface area contributed by atoms with E-state index in [0.717, 1.165) is 16.1 Å². The monoisotopic (exact) mass is 302 g/mol. The average Bonchev–Trinajstić information content (AvgIpc) is 2.52. The topological polar surface area (TPSA) is 81.6 Å². The van der Waals surface area contributed by atoms with Crippen molar-refractivity contribution in [2.75, 3.05) is 4.72 Å². The number of benzene rings is 2. The molecule has 0 spiro atoms. The van der Waals surface area contributed by atoms with Crippen molar-refractivity contribution >= 4 is 29.6 Å². The first-order valence-electron chi connectivity index (χ1n) is 6.11. The van der Waals surface area contributed by atoms with E-state index in [1.54, 1.807) is 30.3 Å². The SMILES string of the molecule is O=C(/C=C/c1cccc(SNc2ccc(O)cc2)c1)NO. The van der Waals surface area contributed by atoms with Gasteiger partial charge in [0.15, 0.2) is 0 Å². The number of hydrogen-bond acceptors (Lipinski definition) is 5. The van der Waals surface area contributed by atoms with Crippen molar-refractivity contribution in [2.24, 2.45) is 0 Å². The summed E-state index contributed by atoms with van der Waals surface area (Å²) >= 11 is 1.42. The van der Waals surface area contributed by atoms with Crippen LogP contribution in [-0.4, -0.2) is 16.2 Å². The van der Waals surface area contributed by atoms with Gasteiger partial charge in [0.05, 0.1) is 0 Å². The highest BCUT2D eigenvalue weighted by Gasteiger charge is 1.98. The molecule has 0 heterocycles. The van der Waals surface area contributed by atoms with Gasteiger partial charge in [-0.25, -0.2) is 5.48 Å². The summed E-state index contributed by atoms with van der Waals surface area (Å²) < 4.78 is 3.15. The van der Waals surface area contributed by atoms with Crippen molar-refractivity contribution < 1.29 is 15.1 Å². The van der Waals surface area contributed by atoms with Gasteiger partial charge in [0.2, 0.25) is 0 Å². The Morgan fingerprint density at radius 3 is 2.62 bits per heavy atom. The van der Waals surface area contributed by atoms with Crippen LogP contribution in [0, 0.1) is 0 Å². The fourth-order valence-corrected chi connectivity index (χ4v) is 2.25. The fraction of sp³-hybridized carbons (Fsp3) is 0. The number of hydroxylamine groups is 1. The first kappa shape index (κ1) is 15.0. The summed E-state index contributed by atoms with van der Waals surface area (Å²) in [5.74, 6) is -0.352. The van der Waals surface area contributed by atoms with Crippen LogP contribution in [0.1, 0.15) is 5.56 Å². The molecule has 0 radical (unpaired) electrons. The van der Waals surface area contributed by atoms with E-state index in [1.807, 2.05) is 24.3 Å². The molecule has 6 heteroatoms. The number of aromatic hydroxyl groups is 1. The molecule has 0 fully saturated rings. The third-order valence-electron chi connectivity index (χ3n) is 2.55. The largest absolute Gasteiger partial charge is 0.508 e. The summed E-state index contributed by atoms with van der Waals surface area (Å²) in [5.41, 5.74) is 3.25. The Hall–Kier alpha value is -2.44. The quantitative estimate of drug-likeness (QED) is 0.224. The third kappa shape index (κ3) is 4.87. The smallest absolute Gasteiger partial charge is 0.267 e. The molecule has 108 valence electrons. The summed E-state index contributed by atoms with van der Waals surface area (Å²) in [6.07, 6.45) is 2.85. The van der Waals surface area contributed by atoms with Crippen molar-refractivity contribution in [3.05, 3.63) is 60.2 Å². The lowest BCUT2D eigenvalue weighted by Crippen LogP contribution is -2.14. The van der Waals surface area contributed by atoms with Crippen LogP contribution in [0.5, 0.6) is 5.75 Å². The Morgan fingerprint density at radius 2 is 1.90 bits per heavy atom. The van der Waals surface area contributed by atoms with Crippen LogP contribution in [0.2, 0.25) is 0 Å². The highest BCUT2D eigenvalue weighted by molar-refractivity contribution is 8.00. The predicted octanol–water partition coefficient (Wildman–Crippen LogP) is 3.03. The van der Waals surface area contributed by atoms with Gasteiger partial charge in [0.25, 0.3) is 5.91 Å². The molecule has 0 atom stereocenters. The van der Waals surface area contributed by atoms with Gasteiger partial charge in [-0.2, -0.15) is 0 Å². The minimum Gasteiger partial charge on any atom is -0.508 e. The summed E-state index contributed by atoms with van der Waals surface area (Å²) in [4.78, 5) is 11.9. The highest BCUT2D eigenvalue weighted by atomic mass is 32.2. The number of anilines is 1. The van der Waals surface area contributed by atoms with Gasteiger partial charge in [-0.05, 0) is 60.0 Å². The Balaban J connectivity index is 1.99. The first-order valence-corrected chi connectivity index (χ1v) is 6.93. The molecule has 0 bridgehead atoms. The average molecular weight is 302 g/mol. The summed E-state index contributed by atoms with van der Waals surface area (Å²) in [5, 5.41) is 17.6. The van der Waals surface area contributed by atoms with Gasteiger partial charge < -0.3 is 9.83 Å². The molecule has 0 aliphatic carbocycles. The molecule has 0 saturated heterocycles. The third-order valence-corrected chi connectivity index (χ3v) is 3.38. The van der Waals surface area contributed by atoms with Crippen LogP contribution in [0.25, 0.3) is 6.08 Å². The van der Waals surface area contributed by atoms with E-state index < -0.39 is 5.91 Å². The zero-order valence-electron chi connectivity index (χ0n) is 11.0. The molecule has 2 aromatic carbocycles. The first-order chi connectivity index (χ1) is 10.2. The van der Waals surface area contributed by atoms with Crippen molar-refractivity contribution in [2.45, 2.75) is 4.90 Å². The van der Waals surface area contributed by atoms with Gasteiger partial charge in [-0.3, -0.25) is 10.0 Å². The molecule has 0 aliphatic rings. The number of phenols is 1. The maximum Gasteiger partial charge on any atom is 0.267 e. The normalized spacial score (nSPS) is 10.5. The second kappa shape index (κ2) is 7.37. The molecule has 5 nitrogen and oxygen atoms in total. The van der Waals surface area contributed by atoms with E-state index in [1.165, 1.54) is 23.5 Å². The molecule has 0 aliphatic heterocycles. The van der Waals surface area contributed by atoms with Gasteiger partial charge >= 0.3 is 0 Å². The molecule has 2 aromatic rings. The van der Waals surface area contributed by atoms with E-state index in [2.05, 4.69) is 4.72 Å². The number of phenolic OH excluding ortho intramolecular Hbond substituents is 1. The van der Waals surface area contributed by atoms with E-state index in [0.29, 0.717) is 0 Å². The Labute approximate surface area is 126 Å². The van der Waals surface area contributed by atoms with Crippen LogP contribution in [-0.2, 0) is 4.79 Å². The number of carbonyl (C=O) groups is 1. The second-order valence-electron chi connectivity index (χ2n) is 4.13. The number of hydrogen-bond donors (Lipinski definition) is 4. The van der Waals surface area contributed by atoms with Crippen molar-refractivity contribution in [3.63, 3.8) is 0 Å². The van der Waals surface area contributed by atoms with Crippen molar-refractivity contribution in [1.29, 1.82) is 0 Å². The lowest BCUT2D eigenvalue weighted by molar-refractivity contribution is -0.124. The zero-order chi connectivity index (χ0) is 15.1. The lowest BCUT2D eigenvalue weighted by atomic mass is 10.2. The van der Waals surface area contributed by atoms with Crippen LogP contribution in [0.4, 0.5) is 5.69 Å². The number of carbonyl (C=O) groups excluding carboxylic acids is 1. The van der Waals surface area contributed by atoms with Crippen molar-refractivity contribution in [3.8, 4) is 5.75 Å². The number of rotatable bonds is 5. The number of amides is 1. The fourth-order valence-electron chi connectivity index (χ4n) is 1.54. The van der Waals surface area contributed by atoms with Gasteiger partial charge in [-0.15, -0.1) is 0 Å². The Morgan fingerprint density at radius 1 is 1.14 bits per heavy atom. The van der Waals surface area contributed by atoms with Crippen LogP contribution in [0.15, 0.2) is 59.5 Å². The molecule has 4 N–H and O–H groups in total. The lowest BCUT2D eigenvalue weighted by Gasteiger charge is -2.06. The molecule has 0 saturated carbocycles. The van der Waals surface area contributed by atoms with E-state index in [9.17, 15) is 9.90 Å². The molecule has 21 heavy (non-hydrogen) atoms. The second-order valence-corrected chi connectivity index (χ2v) is 5.01. The molecule has 0 unspecified atom stereocenters. The van der Waals surface area contributed by atoms with Gasteiger partial charge in [0, 0.05) is 16.7 Å². The summed E-state index contributed by atoms with van der Waals surface area (Å²) in [7, 11) is 0. The maximum absolute atomic E-state index is 10.9. The Kier molecular flexibility index (Phi) is 5.25.